The highest BCUT2D eigenvalue weighted by Gasteiger charge is 2.31. The summed E-state index contributed by atoms with van der Waals surface area (Å²) in [6.07, 6.45) is -0.0132. The first-order valence-corrected chi connectivity index (χ1v) is 10.1. The molecule has 2 amide bonds. The topological polar surface area (TPSA) is 86.3 Å². The monoisotopic (exact) mass is 425 g/mol. The number of nitrogens with one attached hydrogen (secondary N) is 2. The number of hydrogen-bond donors (Lipinski definition) is 2. The number of aliphatic imine (C=N–C) groups is 1. The third kappa shape index (κ3) is 4.76. The van der Waals surface area contributed by atoms with E-state index in [9.17, 15) is 14.0 Å². The molecule has 8 nitrogen and oxygen atoms in total. The van der Waals surface area contributed by atoms with Crippen LogP contribution >= 0.6 is 0 Å². The molecule has 31 heavy (non-hydrogen) atoms. The lowest BCUT2D eigenvalue weighted by atomic mass is 10.1. The maximum atomic E-state index is 14.1. The van der Waals surface area contributed by atoms with Crippen LogP contribution in [0.2, 0.25) is 0 Å². The van der Waals surface area contributed by atoms with Gasteiger partial charge in [0.2, 0.25) is 17.8 Å². The Hall–Kier alpha value is -3.62. The molecule has 2 aromatic rings. The fourth-order valence-corrected chi connectivity index (χ4v) is 3.66. The molecule has 162 valence electrons. The smallest absolute Gasteiger partial charge is 0.249 e. The fraction of sp³-hybridized carbons (Fsp3) is 0.318. The van der Waals surface area contributed by atoms with Crippen LogP contribution in [0.15, 0.2) is 53.5 Å². The lowest BCUT2D eigenvalue weighted by Gasteiger charge is -2.38. The molecule has 4 rings (SSSR count). The zero-order valence-corrected chi connectivity index (χ0v) is 17.2. The molecule has 0 spiro atoms. The van der Waals surface area contributed by atoms with Crippen LogP contribution < -0.4 is 20.3 Å². The van der Waals surface area contributed by atoms with E-state index < -0.39 is 6.04 Å². The summed E-state index contributed by atoms with van der Waals surface area (Å²) in [5.74, 6) is 0.220. The van der Waals surface area contributed by atoms with Crippen molar-refractivity contribution < 1.29 is 18.7 Å². The Balaban J connectivity index is 1.40. The van der Waals surface area contributed by atoms with Crippen molar-refractivity contribution in [3.63, 3.8) is 0 Å². The van der Waals surface area contributed by atoms with Crippen molar-refractivity contribution in [1.82, 2.24) is 10.2 Å². The number of para-hydroxylation sites is 1. The summed E-state index contributed by atoms with van der Waals surface area (Å²) >= 11 is 0. The summed E-state index contributed by atoms with van der Waals surface area (Å²) in [5, 5.41) is 5.56. The van der Waals surface area contributed by atoms with Crippen molar-refractivity contribution in [2.24, 2.45) is 4.99 Å². The summed E-state index contributed by atoms with van der Waals surface area (Å²) in [6.45, 7) is 2.28. The van der Waals surface area contributed by atoms with Gasteiger partial charge in [0.05, 0.1) is 19.2 Å². The minimum atomic E-state index is -0.810. The van der Waals surface area contributed by atoms with Gasteiger partial charge in [0, 0.05) is 31.9 Å². The first-order chi connectivity index (χ1) is 15.0. The van der Waals surface area contributed by atoms with Gasteiger partial charge >= 0.3 is 0 Å². The van der Waals surface area contributed by atoms with Gasteiger partial charge in [-0.2, -0.15) is 0 Å². The fourth-order valence-electron chi connectivity index (χ4n) is 3.66. The summed E-state index contributed by atoms with van der Waals surface area (Å²) in [6, 6.07) is 12.8. The Morgan fingerprint density at radius 2 is 1.77 bits per heavy atom. The van der Waals surface area contributed by atoms with Crippen LogP contribution in [0.4, 0.5) is 15.8 Å². The Kier molecular flexibility index (Phi) is 6.01. The van der Waals surface area contributed by atoms with Crippen molar-refractivity contribution in [3.05, 3.63) is 54.3 Å². The number of methoxy groups -OCH3 is 1. The second-order valence-corrected chi connectivity index (χ2v) is 7.36. The largest absolute Gasteiger partial charge is 0.497 e. The van der Waals surface area contributed by atoms with E-state index in [0.717, 1.165) is 0 Å². The molecule has 0 radical (unpaired) electrons. The van der Waals surface area contributed by atoms with Crippen molar-refractivity contribution >= 4 is 29.1 Å². The van der Waals surface area contributed by atoms with Gasteiger partial charge in [0.1, 0.15) is 17.6 Å². The Labute approximate surface area is 179 Å². The Morgan fingerprint density at radius 3 is 2.45 bits per heavy atom. The van der Waals surface area contributed by atoms with Crippen LogP contribution in [0.25, 0.3) is 0 Å². The quantitative estimate of drug-likeness (QED) is 0.781. The summed E-state index contributed by atoms with van der Waals surface area (Å²) in [7, 11) is 1.57. The molecule has 2 aromatic carbocycles. The Bertz CT molecular complexity index is 987. The lowest BCUT2D eigenvalue weighted by molar-refractivity contribution is -0.125. The van der Waals surface area contributed by atoms with Crippen LogP contribution in [0.5, 0.6) is 5.75 Å². The molecular weight excluding hydrogens is 401 g/mol. The van der Waals surface area contributed by atoms with Gasteiger partial charge in [-0.05, 0) is 36.4 Å². The summed E-state index contributed by atoms with van der Waals surface area (Å²) in [4.78, 5) is 33.3. The third-order valence-electron chi connectivity index (χ3n) is 5.34. The molecule has 2 N–H and O–H groups in total. The van der Waals surface area contributed by atoms with E-state index in [4.69, 9.17) is 4.74 Å². The Morgan fingerprint density at radius 1 is 1.10 bits per heavy atom. The summed E-state index contributed by atoms with van der Waals surface area (Å²) in [5.41, 5.74) is 1.17. The number of anilines is 2. The molecule has 2 heterocycles. The molecule has 9 heteroatoms. The number of rotatable bonds is 4. The summed E-state index contributed by atoms with van der Waals surface area (Å²) < 4.78 is 19.2. The van der Waals surface area contributed by atoms with Gasteiger partial charge < -0.3 is 19.9 Å². The normalized spacial score (nSPS) is 18.8. The third-order valence-corrected chi connectivity index (χ3v) is 5.34. The maximum Gasteiger partial charge on any atom is 0.249 e. The molecule has 1 atom stereocenters. The highest BCUT2D eigenvalue weighted by atomic mass is 19.1. The zero-order valence-electron chi connectivity index (χ0n) is 17.2. The van der Waals surface area contributed by atoms with E-state index in [1.54, 1.807) is 43.5 Å². The van der Waals surface area contributed by atoms with Gasteiger partial charge in [0.15, 0.2) is 0 Å². The van der Waals surface area contributed by atoms with Crippen LogP contribution in [0.1, 0.15) is 6.42 Å². The molecule has 0 aliphatic carbocycles. The van der Waals surface area contributed by atoms with Gasteiger partial charge in [-0.3, -0.25) is 14.9 Å². The van der Waals surface area contributed by atoms with E-state index in [1.807, 2.05) is 15.9 Å². The molecule has 0 bridgehead atoms. The molecule has 1 saturated heterocycles. The number of hydrogen-bond acceptors (Lipinski definition) is 6. The van der Waals surface area contributed by atoms with Gasteiger partial charge in [-0.1, -0.05) is 12.1 Å². The lowest BCUT2D eigenvalue weighted by Crippen LogP contribution is -2.56. The van der Waals surface area contributed by atoms with Crippen molar-refractivity contribution in [3.8, 4) is 5.75 Å². The van der Waals surface area contributed by atoms with E-state index in [1.165, 1.54) is 6.07 Å². The molecule has 2 aliphatic heterocycles. The number of piperazine rings is 1. The van der Waals surface area contributed by atoms with Crippen molar-refractivity contribution in [2.45, 2.75) is 12.5 Å². The van der Waals surface area contributed by atoms with E-state index in [0.29, 0.717) is 49.3 Å². The predicted molar refractivity (Wildman–Crippen MR) is 116 cm³/mol. The highest BCUT2D eigenvalue weighted by molar-refractivity contribution is 6.06. The second-order valence-electron chi connectivity index (χ2n) is 7.36. The number of benzene rings is 2. The number of guanidine groups is 1. The molecule has 0 aromatic heterocycles. The first kappa shape index (κ1) is 20.6. The average Bonchev–Trinajstić information content (AvgIpc) is 2.79. The van der Waals surface area contributed by atoms with E-state index >= 15 is 0 Å². The van der Waals surface area contributed by atoms with Crippen LogP contribution in [0, 0.1) is 5.82 Å². The number of halogens is 1. The first-order valence-electron chi connectivity index (χ1n) is 10.1. The minimum absolute atomic E-state index is 0.0132. The standard InChI is InChI=1S/C22H24FN5O3/c1-31-16-8-6-15(7-9-16)24-21(30)18-14-20(29)26-22(25-18)28-12-10-27(11-13-28)19-5-3-2-4-17(19)23/h2-9,18H,10-14H2,1H3,(H,24,30)(H,25,26,29). The van der Waals surface area contributed by atoms with E-state index in [-0.39, 0.29) is 24.1 Å². The zero-order chi connectivity index (χ0) is 21.8. The van der Waals surface area contributed by atoms with Crippen molar-refractivity contribution in [1.29, 1.82) is 0 Å². The molecule has 0 saturated carbocycles. The molecule has 1 fully saturated rings. The predicted octanol–water partition coefficient (Wildman–Crippen LogP) is 1.84. The van der Waals surface area contributed by atoms with E-state index in [2.05, 4.69) is 15.6 Å². The maximum absolute atomic E-state index is 14.1. The molecule has 2 aliphatic rings. The number of amides is 2. The highest BCUT2D eigenvalue weighted by Crippen LogP contribution is 2.21. The second kappa shape index (κ2) is 9.03. The number of ether oxygens (including phenoxy) is 1. The van der Waals surface area contributed by atoms with Crippen LogP contribution in [-0.4, -0.2) is 62.0 Å². The van der Waals surface area contributed by atoms with Crippen molar-refractivity contribution in [2.75, 3.05) is 43.5 Å². The van der Waals surface area contributed by atoms with Gasteiger partial charge in [0.25, 0.3) is 0 Å². The number of nitrogens with zero attached hydrogens (tertiary/aromatic N) is 3. The SMILES string of the molecule is COc1ccc(NC(=O)C2CC(=O)NC(N3CCN(c4ccccc4F)CC3)=N2)cc1. The number of carbonyl (C=O) groups excluding carboxylic acids is 2. The van der Waals surface area contributed by atoms with Gasteiger partial charge in [-0.15, -0.1) is 0 Å². The molecule has 1 unspecified atom stereocenters. The van der Waals surface area contributed by atoms with Gasteiger partial charge in [-0.25, -0.2) is 9.38 Å². The average molecular weight is 425 g/mol. The number of carbonyl (C=O) groups is 2. The van der Waals surface area contributed by atoms with Crippen LogP contribution in [0.3, 0.4) is 0 Å². The molecular formula is C22H24FN5O3. The minimum Gasteiger partial charge on any atom is -0.497 e. The van der Waals surface area contributed by atoms with Crippen LogP contribution in [-0.2, 0) is 9.59 Å².